The number of nitrogens with one attached hydrogen (secondary N) is 1. The van der Waals surface area contributed by atoms with Crippen molar-refractivity contribution < 1.29 is 14.3 Å². The summed E-state index contributed by atoms with van der Waals surface area (Å²) in [5.41, 5.74) is 9.86. The van der Waals surface area contributed by atoms with Crippen LogP contribution in [0.25, 0.3) is 10.2 Å². The van der Waals surface area contributed by atoms with Gasteiger partial charge in [0.25, 0.3) is 5.91 Å². The predicted molar refractivity (Wildman–Crippen MR) is 106 cm³/mol. The number of aromatic nitrogens is 1. The lowest BCUT2D eigenvalue weighted by Gasteiger charge is -2.18. The largest absolute Gasteiger partial charge is 0.486 e. The van der Waals surface area contributed by atoms with Crippen LogP contribution in [-0.4, -0.2) is 24.1 Å². The molecule has 0 bridgehead atoms. The number of benzene rings is 1. The van der Waals surface area contributed by atoms with Gasteiger partial charge in [0.05, 0.1) is 5.69 Å². The van der Waals surface area contributed by atoms with Crippen molar-refractivity contribution in [2.75, 3.05) is 24.3 Å². The third kappa shape index (κ3) is 2.88. The number of aryl methyl sites for hydroxylation is 2. The fraction of sp³-hybridized carbons (Fsp3) is 0.300. The van der Waals surface area contributed by atoms with Gasteiger partial charge in [0.2, 0.25) is 0 Å². The highest BCUT2D eigenvalue weighted by Crippen LogP contribution is 2.37. The lowest BCUT2D eigenvalue weighted by atomic mass is 9.95. The fourth-order valence-electron chi connectivity index (χ4n) is 3.64. The molecule has 0 saturated carbocycles. The lowest BCUT2D eigenvalue weighted by molar-refractivity contribution is 0.103. The molecule has 0 unspecified atom stereocenters. The average molecular weight is 381 g/mol. The number of ether oxygens (including phenoxy) is 2. The van der Waals surface area contributed by atoms with E-state index in [2.05, 4.69) is 11.4 Å². The molecule has 1 amide bonds. The third-order valence-electron chi connectivity index (χ3n) is 5.01. The standard InChI is InChI=1S/C20H19N3O3S/c21-17-13-9-11-3-1-2-4-14(11)23-20(13)27-18(17)19(24)22-12-5-6-15-16(10-12)26-8-7-25-15/h5-6,9-10H,1-4,7-8,21H2,(H,22,24). The summed E-state index contributed by atoms with van der Waals surface area (Å²) in [5, 5.41) is 3.79. The number of anilines is 2. The van der Waals surface area contributed by atoms with Gasteiger partial charge in [-0.1, -0.05) is 0 Å². The summed E-state index contributed by atoms with van der Waals surface area (Å²) >= 11 is 1.35. The number of nitrogen functional groups attached to an aromatic ring is 1. The van der Waals surface area contributed by atoms with Gasteiger partial charge in [0.15, 0.2) is 11.5 Å². The van der Waals surface area contributed by atoms with Crippen LogP contribution in [0.2, 0.25) is 0 Å². The van der Waals surface area contributed by atoms with Crippen molar-refractivity contribution in [2.24, 2.45) is 0 Å². The lowest BCUT2D eigenvalue weighted by Crippen LogP contribution is -2.16. The predicted octanol–water partition coefficient (Wildman–Crippen LogP) is 3.78. The molecule has 27 heavy (non-hydrogen) atoms. The molecule has 3 heterocycles. The van der Waals surface area contributed by atoms with E-state index in [1.54, 1.807) is 18.2 Å². The van der Waals surface area contributed by atoms with Crippen molar-refractivity contribution in [1.82, 2.24) is 4.98 Å². The maximum atomic E-state index is 12.8. The van der Waals surface area contributed by atoms with Crippen LogP contribution >= 0.6 is 11.3 Å². The van der Waals surface area contributed by atoms with Crippen LogP contribution in [-0.2, 0) is 12.8 Å². The van der Waals surface area contributed by atoms with E-state index in [9.17, 15) is 4.79 Å². The summed E-state index contributed by atoms with van der Waals surface area (Å²) in [6.45, 7) is 1.04. The van der Waals surface area contributed by atoms with E-state index < -0.39 is 0 Å². The molecule has 0 atom stereocenters. The number of nitrogens with zero attached hydrogens (tertiary/aromatic N) is 1. The quantitative estimate of drug-likeness (QED) is 0.705. The Labute approximate surface area is 160 Å². The number of carbonyl (C=O) groups excluding carboxylic acids is 1. The van der Waals surface area contributed by atoms with Crippen LogP contribution in [0.15, 0.2) is 24.3 Å². The van der Waals surface area contributed by atoms with Gasteiger partial charge in [-0.15, -0.1) is 11.3 Å². The first kappa shape index (κ1) is 16.4. The minimum absolute atomic E-state index is 0.231. The van der Waals surface area contributed by atoms with Crippen molar-refractivity contribution in [2.45, 2.75) is 25.7 Å². The van der Waals surface area contributed by atoms with E-state index in [-0.39, 0.29) is 5.91 Å². The molecule has 2 aromatic heterocycles. The Bertz CT molecular complexity index is 1060. The molecule has 6 nitrogen and oxygen atoms in total. The summed E-state index contributed by atoms with van der Waals surface area (Å²) in [6.07, 6.45) is 4.39. The highest BCUT2D eigenvalue weighted by molar-refractivity contribution is 7.21. The second kappa shape index (κ2) is 6.42. The van der Waals surface area contributed by atoms with Gasteiger partial charge in [-0.3, -0.25) is 4.79 Å². The Morgan fingerprint density at radius 1 is 1.11 bits per heavy atom. The molecule has 5 rings (SSSR count). The first-order valence-electron chi connectivity index (χ1n) is 9.11. The minimum atomic E-state index is -0.231. The van der Waals surface area contributed by atoms with Gasteiger partial charge < -0.3 is 20.5 Å². The zero-order valence-electron chi connectivity index (χ0n) is 14.7. The summed E-state index contributed by atoms with van der Waals surface area (Å²) in [6, 6.07) is 7.48. The van der Waals surface area contributed by atoms with Gasteiger partial charge in [0, 0.05) is 22.8 Å². The van der Waals surface area contributed by atoms with Gasteiger partial charge in [-0.2, -0.15) is 0 Å². The number of fused-ring (bicyclic) bond motifs is 3. The second-order valence-electron chi connectivity index (χ2n) is 6.81. The Morgan fingerprint density at radius 3 is 2.81 bits per heavy atom. The third-order valence-corrected chi connectivity index (χ3v) is 6.12. The number of nitrogens with two attached hydrogens (primary N) is 1. The summed E-state index contributed by atoms with van der Waals surface area (Å²) < 4.78 is 11.1. The number of amides is 1. The molecule has 3 N–H and O–H groups in total. The van der Waals surface area contributed by atoms with Crippen LogP contribution < -0.4 is 20.5 Å². The van der Waals surface area contributed by atoms with Crippen molar-refractivity contribution >= 4 is 38.8 Å². The number of hydrogen-bond acceptors (Lipinski definition) is 6. The fourth-order valence-corrected chi connectivity index (χ4v) is 4.63. The van der Waals surface area contributed by atoms with Crippen LogP contribution in [0.1, 0.15) is 33.8 Å². The highest BCUT2D eigenvalue weighted by atomic mass is 32.1. The van der Waals surface area contributed by atoms with Crippen LogP contribution in [0, 0.1) is 0 Å². The second-order valence-corrected chi connectivity index (χ2v) is 7.81. The Balaban J connectivity index is 1.46. The number of rotatable bonds is 2. The SMILES string of the molecule is Nc1c(C(=O)Nc2ccc3c(c2)OCCO3)sc2nc3c(cc12)CCCC3. The summed E-state index contributed by atoms with van der Waals surface area (Å²) in [7, 11) is 0. The van der Waals surface area contributed by atoms with E-state index in [1.165, 1.54) is 29.7 Å². The van der Waals surface area contributed by atoms with E-state index in [1.807, 2.05) is 0 Å². The van der Waals surface area contributed by atoms with Crippen molar-refractivity contribution in [3.63, 3.8) is 0 Å². The average Bonchev–Trinajstić information content (AvgIpc) is 3.02. The molecule has 1 aromatic carbocycles. The van der Waals surface area contributed by atoms with Crippen LogP contribution in [0.3, 0.4) is 0 Å². The minimum Gasteiger partial charge on any atom is -0.486 e. The maximum absolute atomic E-state index is 12.8. The molecule has 138 valence electrons. The number of hydrogen-bond donors (Lipinski definition) is 2. The Morgan fingerprint density at radius 2 is 1.93 bits per heavy atom. The molecule has 0 saturated heterocycles. The Kier molecular flexibility index (Phi) is 3.89. The molecule has 1 aliphatic heterocycles. The topological polar surface area (TPSA) is 86.5 Å². The van der Waals surface area contributed by atoms with Crippen molar-refractivity contribution in [3.8, 4) is 11.5 Å². The maximum Gasteiger partial charge on any atom is 0.267 e. The van der Waals surface area contributed by atoms with Gasteiger partial charge in [-0.25, -0.2) is 4.98 Å². The molecule has 1 aliphatic carbocycles. The zero-order chi connectivity index (χ0) is 18.4. The first-order valence-corrected chi connectivity index (χ1v) is 9.92. The molecule has 0 fully saturated rings. The summed E-state index contributed by atoms with van der Waals surface area (Å²) in [5.74, 6) is 1.10. The van der Waals surface area contributed by atoms with Gasteiger partial charge in [-0.05, 0) is 49.4 Å². The number of carbonyl (C=O) groups is 1. The Hall–Kier alpha value is -2.80. The molecule has 0 spiro atoms. The highest BCUT2D eigenvalue weighted by Gasteiger charge is 2.21. The molecular weight excluding hydrogens is 362 g/mol. The van der Waals surface area contributed by atoms with Crippen LogP contribution in [0.4, 0.5) is 11.4 Å². The monoisotopic (exact) mass is 381 g/mol. The zero-order valence-corrected chi connectivity index (χ0v) is 15.5. The van der Waals surface area contributed by atoms with E-state index >= 15 is 0 Å². The van der Waals surface area contributed by atoms with E-state index in [0.29, 0.717) is 41.0 Å². The smallest absolute Gasteiger partial charge is 0.267 e. The molecule has 7 heteroatoms. The number of thiophene rings is 1. The number of pyridine rings is 1. The van der Waals surface area contributed by atoms with E-state index in [4.69, 9.17) is 20.2 Å². The van der Waals surface area contributed by atoms with E-state index in [0.717, 1.165) is 28.8 Å². The van der Waals surface area contributed by atoms with Crippen molar-refractivity contribution in [3.05, 3.63) is 40.4 Å². The van der Waals surface area contributed by atoms with Gasteiger partial charge in [0.1, 0.15) is 22.9 Å². The first-order chi connectivity index (χ1) is 13.2. The van der Waals surface area contributed by atoms with Crippen LogP contribution in [0.5, 0.6) is 11.5 Å². The molecule has 3 aromatic rings. The van der Waals surface area contributed by atoms with Gasteiger partial charge >= 0.3 is 0 Å². The molecule has 0 radical (unpaired) electrons. The molecular formula is C20H19N3O3S. The molecule has 2 aliphatic rings. The summed E-state index contributed by atoms with van der Waals surface area (Å²) in [4.78, 5) is 18.9. The van der Waals surface area contributed by atoms with Crippen molar-refractivity contribution in [1.29, 1.82) is 0 Å². The normalized spacial score (nSPS) is 15.4.